The topological polar surface area (TPSA) is 76.1 Å². The van der Waals surface area contributed by atoms with E-state index in [1.165, 1.54) is 24.8 Å². The summed E-state index contributed by atoms with van der Waals surface area (Å²) in [5.41, 5.74) is 2.56. The first-order chi connectivity index (χ1) is 14.5. The molecule has 2 fully saturated rings. The van der Waals surface area contributed by atoms with Gasteiger partial charge in [0, 0.05) is 48.9 Å². The van der Waals surface area contributed by atoms with Crippen LogP contribution in [0.5, 0.6) is 11.5 Å². The van der Waals surface area contributed by atoms with Crippen molar-refractivity contribution in [2.45, 2.75) is 19.8 Å². The zero-order chi connectivity index (χ0) is 20.7. The summed E-state index contributed by atoms with van der Waals surface area (Å²) in [6, 6.07) is 4.48. The number of hydrogen-bond donors (Lipinski definition) is 1. The second-order valence-corrected chi connectivity index (χ2v) is 8.39. The van der Waals surface area contributed by atoms with Crippen LogP contribution >= 0.6 is 0 Å². The van der Waals surface area contributed by atoms with Crippen molar-refractivity contribution in [1.82, 2.24) is 25.3 Å². The Bertz CT molecular complexity index is 1080. The third-order valence-electron chi connectivity index (χ3n) is 5.75. The molecular formula is C22H23FN6O. The number of halogens is 1. The van der Waals surface area contributed by atoms with Gasteiger partial charge in [-0.1, -0.05) is 13.8 Å². The highest BCUT2D eigenvalue weighted by molar-refractivity contribution is 5.73. The van der Waals surface area contributed by atoms with Crippen molar-refractivity contribution < 1.29 is 9.13 Å². The van der Waals surface area contributed by atoms with Crippen molar-refractivity contribution in [3.63, 3.8) is 0 Å². The lowest BCUT2D eigenvalue weighted by molar-refractivity contribution is 0.120. The molecule has 0 unspecified atom stereocenters. The van der Waals surface area contributed by atoms with Crippen molar-refractivity contribution >= 4 is 5.82 Å². The molecule has 0 radical (unpaired) electrons. The van der Waals surface area contributed by atoms with E-state index in [1.807, 2.05) is 13.8 Å². The van der Waals surface area contributed by atoms with E-state index in [0.717, 1.165) is 43.3 Å². The SMILES string of the molecule is CC(C)c1ncncc1-c1cc(F)ccc1Oc1cncnc1N1CC2(CNC2)C1. The van der Waals surface area contributed by atoms with Crippen LogP contribution in [0.15, 0.2) is 43.2 Å². The van der Waals surface area contributed by atoms with Crippen LogP contribution in [-0.2, 0) is 0 Å². The van der Waals surface area contributed by atoms with E-state index < -0.39 is 0 Å². The number of hydrogen-bond acceptors (Lipinski definition) is 7. The van der Waals surface area contributed by atoms with E-state index in [0.29, 0.717) is 22.5 Å². The summed E-state index contributed by atoms with van der Waals surface area (Å²) in [5.74, 6) is 1.64. The van der Waals surface area contributed by atoms with E-state index in [9.17, 15) is 4.39 Å². The van der Waals surface area contributed by atoms with Crippen molar-refractivity contribution in [1.29, 1.82) is 0 Å². The monoisotopic (exact) mass is 406 g/mol. The largest absolute Gasteiger partial charge is 0.451 e. The maximum absolute atomic E-state index is 14.2. The Hall–Kier alpha value is -3.13. The summed E-state index contributed by atoms with van der Waals surface area (Å²) >= 11 is 0. The second kappa shape index (κ2) is 7.28. The van der Waals surface area contributed by atoms with Crippen molar-refractivity contribution in [3.8, 4) is 22.6 Å². The molecule has 3 aromatic rings. The molecule has 2 aliphatic rings. The molecule has 4 heterocycles. The van der Waals surface area contributed by atoms with Gasteiger partial charge in [-0.3, -0.25) is 0 Å². The highest BCUT2D eigenvalue weighted by Crippen LogP contribution is 2.42. The van der Waals surface area contributed by atoms with Crippen LogP contribution in [0.1, 0.15) is 25.5 Å². The molecule has 1 aromatic carbocycles. The minimum absolute atomic E-state index is 0.156. The first kappa shape index (κ1) is 18.9. The van der Waals surface area contributed by atoms with Gasteiger partial charge in [0.05, 0.1) is 11.9 Å². The zero-order valence-electron chi connectivity index (χ0n) is 17.0. The van der Waals surface area contributed by atoms with Gasteiger partial charge in [-0.2, -0.15) is 0 Å². The molecule has 1 spiro atoms. The predicted molar refractivity (Wildman–Crippen MR) is 111 cm³/mol. The lowest BCUT2D eigenvalue weighted by Crippen LogP contribution is -2.71. The summed E-state index contributed by atoms with van der Waals surface area (Å²) in [7, 11) is 0. The van der Waals surface area contributed by atoms with Crippen LogP contribution in [0.25, 0.3) is 11.1 Å². The van der Waals surface area contributed by atoms with Gasteiger partial charge in [0.1, 0.15) is 24.2 Å². The molecule has 2 saturated heterocycles. The van der Waals surface area contributed by atoms with Crippen molar-refractivity contribution in [2.24, 2.45) is 5.41 Å². The third-order valence-corrected chi connectivity index (χ3v) is 5.75. The molecule has 2 aliphatic heterocycles. The van der Waals surface area contributed by atoms with E-state index in [1.54, 1.807) is 18.5 Å². The molecule has 2 aromatic heterocycles. The third kappa shape index (κ3) is 3.27. The average molecular weight is 406 g/mol. The first-order valence-electron chi connectivity index (χ1n) is 10.1. The number of anilines is 1. The highest BCUT2D eigenvalue weighted by Gasteiger charge is 2.48. The van der Waals surface area contributed by atoms with Gasteiger partial charge in [-0.15, -0.1) is 0 Å². The Labute approximate surface area is 174 Å². The van der Waals surface area contributed by atoms with Gasteiger partial charge in [0.25, 0.3) is 0 Å². The normalized spacial score (nSPS) is 17.0. The van der Waals surface area contributed by atoms with E-state index >= 15 is 0 Å². The zero-order valence-corrected chi connectivity index (χ0v) is 17.0. The van der Waals surface area contributed by atoms with Gasteiger partial charge in [0.2, 0.25) is 0 Å². The van der Waals surface area contributed by atoms with E-state index in [-0.39, 0.29) is 11.7 Å². The van der Waals surface area contributed by atoms with Gasteiger partial charge in [-0.05, 0) is 24.1 Å². The van der Waals surface area contributed by atoms with Crippen molar-refractivity contribution in [2.75, 3.05) is 31.1 Å². The molecule has 0 atom stereocenters. The number of aromatic nitrogens is 4. The molecule has 0 bridgehead atoms. The minimum Gasteiger partial charge on any atom is -0.451 e. The van der Waals surface area contributed by atoms with Gasteiger partial charge < -0.3 is 15.0 Å². The van der Waals surface area contributed by atoms with Gasteiger partial charge >= 0.3 is 0 Å². The van der Waals surface area contributed by atoms with E-state index in [2.05, 4.69) is 30.2 Å². The first-order valence-corrected chi connectivity index (χ1v) is 10.1. The lowest BCUT2D eigenvalue weighted by atomic mass is 9.74. The van der Waals surface area contributed by atoms with Gasteiger partial charge in [0.15, 0.2) is 11.6 Å². The maximum Gasteiger partial charge on any atom is 0.188 e. The minimum atomic E-state index is -0.345. The molecule has 0 amide bonds. The molecule has 5 rings (SSSR count). The number of benzene rings is 1. The van der Waals surface area contributed by atoms with E-state index in [4.69, 9.17) is 4.74 Å². The maximum atomic E-state index is 14.2. The number of rotatable bonds is 5. The van der Waals surface area contributed by atoms with Crippen LogP contribution in [0.4, 0.5) is 10.2 Å². The molecular weight excluding hydrogens is 383 g/mol. The number of nitrogens with one attached hydrogen (secondary N) is 1. The fourth-order valence-electron chi connectivity index (χ4n) is 4.16. The van der Waals surface area contributed by atoms with Crippen LogP contribution in [0.2, 0.25) is 0 Å². The summed E-state index contributed by atoms with van der Waals surface area (Å²) in [6.45, 7) is 8.05. The molecule has 7 nitrogen and oxygen atoms in total. The van der Waals surface area contributed by atoms with Crippen LogP contribution < -0.4 is 15.0 Å². The molecule has 8 heteroatoms. The fourth-order valence-corrected chi connectivity index (χ4v) is 4.16. The highest BCUT2D eigenvalue weighted by atomic mass is 19.1. The smallest absolute Gasteiger partial charge is 0.188 e. The Morgan fingerprint density at radius 3 is 2.53 bits per heavy atom. The quantitative estimate of drug-likeness (QED) is 0.696. The standard InChI is InChI=1S/C22H23FN6O/c1-14(2)20-17(6-24-12-27-20)16-5-15(23)3-4-18(16)30-19-7-25-13-28-21(19)29-10-22(11-29)8-26-9-22/h3-7,12-14,26H,8-11H2,1-2H3. The molecule has 154 valence electrons. The number of ether oxygens (including phenoxy) is 1. The van der Waals surface area contributed by atoms with Crippen LogP contribution in [0, 0.1) is 11.2 Å². The molecule has 1 N–H and O–H groups in total. The second-order valence-electron chi connectivity index (χ2n) is 8.39. The summed E-state index contributed by atoms with van der Waals surface area (Å²) < 4.78 is 20.4. The Morgan fingerprint density at radius 2 is 1.80 bits per heavy atom. The fraction of sp³-hybridized carbons (Fsp3) is 0.364. The van der Waals surface area contributed by atoms with Crippen LogP contribution in [-0.4, -0.2) is 46.1 Å². The summed E-state index contributed by atoms with van der Waals surface area (Å²) in [4.78, 5) is 19.4. The predicted octanol–water partition coefficient (Wildman–Crippen LogP) is 3.40. The molecule has 30 heavy (non-hydrogen) atoms. The Morgan fingerprint density at radius 1 is 1.03 bits per heavy atom. The Kier molecular flexibility index (Phi) is 4.58. The summed E-state index contributed by atoms with van der Waals surface area (Å²) in [5, 5.41) is 3.34. The van der Waals surface area contributed by atoms with Gasteiger partial charge in [-0.25, -0.2) is 24.3 Å². The number of nitrogens with zero attached hydrogens (tertiary/aromatic N) is 5. The average Bonchev–Trinajstić information content (AvgIpc) is 2.68. The van der Waals surface area contributed by atoms with Crippen molar-refractivity contribution in [3.05, 3.63) is 54.8 Å². The Balaban J connectivity index is 1.50. The molecule has 0 saturated carbocycles. The molecule has 0 aliphatic carbocycles. The lowest BCUT2D eigenvalue weighted by Gasteiger charge is -2.56. The summed E-state index contributed by atoms with van der Waals surface area (Å²) in [6.07, 6.45) is 6.40. The van der Waals surface area contributed by atoms with Crippen LogP contribution in [0.3, 0.4) is 0 Å².